The fourth-order valence-corrected chi connectivity index (χ4v) is 2.46. The van der Waals surface area contributed by atoms with Crippen molar-refractivity contribution in [2.45, 2.75) is 47.2 Å². The summed E-state index contributed by atoms with van der Waals surface area (Å²) >= 11 is 6.11. The van der Waals surface area contributed by atoms with Gasteiger partial charge in [0.05, 0.1) is 27.7 Å². The second-order valence-corrected chi connectivity index (χ2v) is 5.68. The van der Waals surface area contributed by atoms with Gasteiger partial charge in [0.25, 0.3) is 5.91 Å². The Labute approximate surface area is 135 Å². The molecule has 7 heteroatoms. The Morgan fingerprint density at radius 1 is 1.27 bits per heavy atom. The third kappa shape index (κ3) is 3.50. The number of aromatic nitrogens is 4. The maximum absolute atomic E-state index is 12.1. The zero-order chi connectivity index (χ0) is 16.3. The third-order valence-corrected chi connectivity index (χ3v) is 4.19. The minimum atomic E-state index is -0.0800. The molecule has 0 radical (unpaired) electrons. The highest BCUT2D eigenvalue weighted by molar-refractivity contribution is 6.31. The molecule has 120 valence electrons. The highest BCUT2D eigenvalue weighted by Gasteiger charge is 2.13. The number of rotatable bonds is 6. The summed E-state index contributed by atoms with van der Waals surface area (Å²) in [6, 6.07) is 0. The van der Waals surface area contributed by atoms with E-state index in [2.05, 4.69) is 15.5 Å². The van der Waals surface area contributed by atoms with Gasteiger partial charge in [0, 0.05) is 25.8 Å². The monoisotopic (exact) mass is 323 g/mol. The standard InChI is InChI=1S/C15H22ClN5O/c1-5-20-9-13(10(2)18-20)15(22)17-7-6-8-21-12(4)14(16)11(3)19-21/h9H,5-8H2,1-4H3,(H,17,22). The maximum atomic E-state index is 12.1. The van der Waals surface area contributed by atoms with E-state index in [1.165, 1.54) is 0 Å². The van der Waals surface area contributed by atoms with E-state index in [1.54, 1.807) is 10.9 Å². The van der Waals surface area contributed by atoms with Gasteiger partial charge in [-0.15, -0.1) is 0 Å². The highest BCUT2D eigenvalue weighted by atomic mass is 35.5. The molecule has 0 spiro atoms. The highest BCUT2D eigenvalue weighted by Crippen LogP contribution is 2.18. The number of carbonyl (C=O) groups excluding carboxylic acids is 1. The molecule has 2 aromatic heterocycles. The molecule has 1 N–H and O–H groups in total. The maximum Gasteiger partial charge on any atom is 0.254 e. The van der Waals surface area contributed by atoms with Crippen molar-refractivity contribution in [2.75, 3.05) is 6.54 Å². The fraction of sp³-hybridized carbons (Fsp3) is 0.533. The van der Waals surface area contributed by atoms with E-state index in [0.717, 1.165) is 36.6 Å². The van der Waals surface area contributed by atoms with Gasteiger partial charge in [-0.2, -0.15) is 10.2 Å². The number of nitrogens with one attached hydrogen (secondary N) is 1. The number of hydrogen-bond donors (Lipinski definition) is 1. The van der Waals surface area contributed by atoms with E-state index in [1.807, 2.05) is 32.4 Å². The first-order valence-electron chi connectivity index (χ1n) is 7.45. The molecule has 0 aromatic carbocycles. The van der Waals surface area contributed by atoms with Crippen molar-refractivity contribution >= 4 is 17.5 Å². The van der Waals surface area contributed by atoms with Crippen molar-refractivity contribution in [3.63, 3.8) is 0 Å². The van der Waals surface area contributed by atoms with E-state index in [9.17, 15) is 4.79 Å². The number of carbonyl (C=O) groups is 1. The molecule has 0 saturated carbocycles. The summed E-state index contributed by atoms with van der Waals surface area (Å²) in [6.07, 6.45) is 2.58. The van der Waals surface area contributed by atoms with Crippen molar-refractivity contribution in [3.8, 4) is 0 Å². The molecular formula is C15H22ClN5O. The topological polar surface area (TPSA) is 64.7 Å². The summed E-state index contributed by atoms with van der Waals surface area (Å²) in [6.45, 7) is 9.75. The summed E-state index contributed by atoms with van der Waals surface area (Å²) in [4.78, 5) is 12.1. The van der Waals surface area contributed by atoms with E-state index < -0.39 is 0 Å². The van der Waals surface area contributed by atoms with Crippen LogP contribution in [0.4, 0.5) is 0 Å². The Morgan fingerprint density at radius 2 is 2.00 bits per heavy atom. The van der Waals surface area contributed by atoms with E-state index in [0.29, 0.717) is 17.1 Å². The first-order valence-corrected chi connectivity index (χ1v) is 7.83. The van der Waals surface area contributed by atoms with Gasteiger partial charge in [0.1, 0.15) is 0 Å². The fourth-order valence-electron chi connectivity index (χ4n) is 2.32. The molecule has 0 aliphatic heterocycles. The molecule has 2 rings (SSSR count). The normalized spacial score (nSPS) is 11.0. The molecule has 0 aliphatic carbocycles. The lowest BCUT2D eigenvalue weighted by Gasteiger charge is -2.06. The lowest BCUT2D eigenvalue weighted by molar-refractivity contribution is 0.0952. The zero-order valence-corrected chi connectivity index (χ0v) is 14.2. The molecule has 1 amide bonds. The average molecular weight is 324 g/mol. The molecule has 0 aliphatic rings. The Bertz CT molecular complexity index is 674. The van der Waals surface area contributed by atoms with E-state index in [4.69, 9.17) is 11.6 Å². The molecule has 6 nitrogen and oxygen atoms in total. The van der Waals surface area contributed by atoms with Crippen molar-refractivity contribution in [1.82, 2.24) is 24.9 Å². The minimum absolute atomic E-state index is 0.0800. The van der Waals surface area contributed by atoms with Gasteiger partial charge in [-0.3, -0.25) is 14.2 Å². The lowest BCUT2D eigenvalue weighted by atomic mass is 10.2. The number of aryl methyl sites for hydroxylation is 4. The van der Waals surface area contributed by atoms with Crippen molar-refractivity contribution in [2.24, 2.45) is 0 Å². The van der Waals surface area contributed by atoms with E-state index >= 15 is 0 Å². The second-order valence-electron chi connectivity index (χ2n) is 5.30. The summed E-state index contributed by atoms with van der Waals surface area (Å²) in [7, 11) is 0. The van der Waals surface area contributed by atoms with Gasteiger partial charge in [0.2, 0.25) is 0 Å². The number of amides is 1. The molecule has 2 heterocycles. The molecule has 2 aromatic rings. The van der Waals surface area contributed by atoms with Gasteiger partial charge >= 0.3 is 0 Å². The van der Waals surface area contributed by atoms with Crippen LogP contribution >= 0.6 is 11.6 Å². The van der Waals surface area contributed by atoms with Crippen LogP contribution in [0.1, 0.15) is 40.8 Å². The summed E-state index contributed by atoms with van der Waals surface area (Å²) in [5, 5.41) is 12.3. The summed E-state index contributed by atoms with van der Waals surface area (Å²) < 4.78 is 3.65. The van der Waals surface area contributed by atoms with Crippen molar-refractivity contribution in [3.05, 3.63) is 33.9 Å². The minimum Gasteiger partial charge on any atom is -0.352 e. The Hall–Kier alpha value is -1.82. The van der Waals surface area contributed by atoms with Gasteiger partial charge in [0.15, 0.2) is 0 Å². The van der Waals surface area contributed by atoms with Crippen LogP contribution in [0.2, 0.25) is 5.02 Å². The van der Waals surface area contributed by atoms with Crippen LogP contribution in [0.3, 0.4) is 0 Å². The Kier molecular flexibility index (Phi) is 5.24. The molecule has 0 bridgehead atoms. The van der Waals surface area contributed by atoms with Crippen molar-refractivity contribution < 1.29 is 4.79 Å². The second kappa shape index (κ2) is 6.96. The average Bonchev–Trinajstić information content (AvgIpc) is 2.99. The van der Waals surface area contributed by atoms with Gasteiger partial charge in [-0.25, -0.2) is 0 Å². The van der Waals surface area contributed by atoms with Crippen molar-refractivity contribution in [1.29, 1.82) is 0 Å². The number of nitrogens with zero attached hydrogens (tertiary/aromatic N) is 4. The SMILES string of the molecule is CCn1cc(C(=O)NCCCn2nc(C)c(Cl)c2C)c(C)n1. The molecule has 22 heavy (non-hydrogen) atoms. The molecule has 0 saturated heterocycles. The quantitative estimate of drug-likeness (QED) is 0.831. The largest absolute Gasteiger partial charge is 0.352 e. The molecule has 0 fully saturated rings. The van der Waals surface area contributed by atoms with Crippen LogP contribution in [0.15, 0.2) is 6.20 Å². The molecular weight excluding hydrogens is 302 g/mol. The van der Waals surface area contributed by atoms with Gasteiger partial charge in [-0.1, -0.05) is 11.6 Å². The first kappa shape index (κ1) is 16.5. The predicted molar refractivity (Wildman–Crippen MR) is 86.3 cm³/mol. The number of hydrogen-bond acceptors (Lipinski definition) is 3. The van der Waals surface area contributed by atoms with Crippen LogP contribution < -0.4 is 5.32 Å². The first-order chi connectivity index (χ1) is 10.4. The number of halogens is 1. The lowest BCUT2D eigenvalue weighted by Crippen LogP contribution is -2.25. The van der Waals surface area contributed by atoms with Crippen LogP contribution in [0, 0.1) is 20.8 Å². The smallest absolute Gasteiger partial charge is 0.254 e. The zero-order valence-electron chi connectivity index (χ0n) is 13.5. The third-order valence-electron chi connectivity index (χ3n) is 3.64. The Morgan fingerprint density at radius 3 is 2.55 bits per heavy atom. The summed E-state index contributed by atoms with van der Waals surface area (Å²) in [5.41, 5.74) is 3.19. The van der Waals surface area contributed by atoms with Crippen LogP contribution in [-0.4, -0.2) is 32.0 Å². The predicted octanol–water partition coefficient (Wildman–Crippen LogP) is 2.50. The Balaban J connectivity index is 1.84. The van der Waals surface area contributed by atoms with E-state index in [-0.39, 0.29) is 5.91 Å². The van der Waals surface area contributed by atoms with Crippen LogP contribution in [0.25, 0.3) is 0 Å². The van der Waals surface area contributed by atoms with Crippen LogP contribution in [-0.2, 0) is 13.1 Å². The molecule has 0 atom stereocenters. The molecule has 0 unspecified atom stereocenters. The summed E-state index contributed by atoms with van der Waals surface area (Å²) in [5.74, 6) is -0.0800. The van der Waals surface area contributed by atoms with Crippen LogP contribution in [0.5, 0.6) is 0 Å². The van der Waals surface area contributed by atoms with Gasteiger partial charge < -0.3 is 5.32 Å². The van der Waals surface area contributed by atoms with Gasteiger partial charge in [-0.05, 0) is 34.1 Å².